The van der Waals surface area contributed by atoms with Gasteiger partial charge in [-0.1, -0.05) is 0 Å². The van der Waals surface area contributed by atoms with Crippen LogP contribution in [0.25, 0.3) is 0 Å². The van der Waals surface area contributed by atoms with Crippen molar-refractivity contribution >= 4 is 0 Å². The largest absolute Gasteiger partial charge is 0.375 e. The highest BCUT2D eigenvalue weighted by Crippen LogP contribution is 2.23. The van der Waals surface area contributed by atoms with Crippen molar-refractivity contribution in [2.24, 2.45) is 0 Å². The summed E-state index contributed by atoms with van der Waals surface area (Å²) in [5.74, 6) is -7.25. The van der Waals surface area contributed by atoms with Gasteiger partial charge in [0.25, 0.3) is 11.8 Å². The topological polar surface area (TPSA) is 9.23 Å². The first-order valence-corrected chi connectivity index (χ1v) is 4.16. The quantitative estimate of drug-likeness (QED) is 0.646. The molecule has 0 aromatic carbocycles. The molecule has 2 atom stereocenters. The van der Waals surface area contributed by atoms with Gasteiger partial charge in [0.15, 0.2) is 12.3 Å². The zero-order valence-electron chi connectivity index (χ0n) is 8.24. The molecule has 1 nitrogen and oxygen atoms in total. The molecule has 0 aliphatic heterocycles. The maximum atomic E-state index is 12.5. The van der Waals surface area contributed by atoms with E-state index in [1.807, 2.05) is 0 Å². The molecule has 0 radical (unpaired) electrons. The number of rotatable bonds is 6. The van der Waals surface area contributed by atoms with Crippen molar-refractivity contribution in [3.05, 3.63) is 0 Å². The smallest absolute Gasteiger partial charge is 0.278 e. The lowest BCUT2D eigenvalue weighted by Crippen LogP contribution is -2.34. The highest BCUT2D eigenvalue weighted by Gasteiger charge is 2.37. The maximum absolute atomic E-state index is 12.5. The first-order chi connectivity index (χ1) is 6.55. The lowest BCUT2D eigenvalue weighted by atomic mass is 10.2. The van der Waals surface area contributed by atoms with E-state index in [-0.39, 0.29) is 0 Å². The van der Waals surface area contributed by atoms with Crippen LogP contribution in [0.1, 0.15) is 13.8 Å². The van der Waals surface area contributed by atoms with E-state index in [1.165, 1.54) is 0 Å². The van der Waals surface area contributed by atoms with E-state index in [0.29, 0.717) is 13.8 Å². The van der Waals surface area contributed by atoms with Crippen LogP contribution in [0.2, 0.25) is 0 Å². The fraction of sp³-hybridized carbons (Fsp3) is 1.00. The zero-order chi connectivity index (χ0) is 12.3. The monoisotopic (exact) mass is 238 g/mol. The summed E-state index contributed by atoms with van der Waals surface area (Å²) in [6.45, 7) is -1.58. The van der Waals surface area contributed by atoms with Gasteiger partial charge in [0.1, 0.15) is 0 Å². The Hall–Kier alpha value is -0.460. The molecule has 0 spiro atoms. The van der Waals surface area contributed by atoms with E-state index in [4.69, 9.17) is 0 Å². The van der Waals surface area contributed by atoms with Crippen molar-refractivity contribution in [1.82, 2.24) is 0 Å². The minimum absolute atomic E-state index is 0.322. The summed E-state index contributed by atoms with van der Waals surface area (Å²) in [7, 11) is 0. The lowest BCUT2D eigenvalue weighted by Gasteiger charge is -2.18. The molecule has 0 saturated carbocycles. The predicted molar refractivity (Wildman–Crippen MR) is 41.9 cm³/mol. The number of hydrogen-bond donors (Lipinski definition) is 0. The molecule has 15 heavy (non-hydrogen) atoms. The molecule has 7 heteroatoms. The van der Waals surface area contributed by atoms with Gasteiger partial charge in [-0.25, -0.2) is 26.3 Å². The lowest BCUT2D eigenvalue weighted by molar-refractivity contribution is -0.115. The second-order valence-corrected chi connectivity index (χ2v) is 3.39. The van der Waals surface area contributed by atoms with Gasteiger partial charge < -0.3 is 4.74 Å². The molecule has 0 aromatic rings. The van der Waals surface area contributed by atoms with Crippen LogP contribution in [0.3, 0.4) is 0 Å². The summed E-state index contributed by atoms with van der Waals surface area (Å²) in [5, 5.41) is 0. The number of halogens is 6. The minimum atomic E-state index is -3.62. The summed E-state index contributed by atoms with van der Waals surface area (Å²) in [6.07, 6.45) is -5.26. The highest BCUT2D eigenvalue weighted by atomic mass is 19.3. The van der Waals surface area contributed by atoms with E-state index in [2.05, 4.69) is 4.74 Å². The van der Waals surface area contributed by atoms with Gasteiger partial charge in [0, 0.05) is 13.8 Å². The molecule has 2 unspecified atom stereocenters. The molecule has 92 valence electrons. The van der Waals surface area contributed by atoms with Gasteiger partial charge in [0.05, 0.1) is 13.2 Å². The normalized spacial score (nSPS) is 17.6. The van der Waals surface area contributed by atoms with Crippen LogP contribution >= 0.6 is 0 Å². The van der Waals surface area contributed by atoms with Crippen LogP contribution in [0.5, 0.6) is 0 Å². The fourth-order valence-corrected chi connectivity index (χ4v) is 0.568. The average Bonchev–Trinajstić information content (AvgIpc) is 2.00. The van der Waals surface area contributed by atoms with Crippen LogP contribution in [0.15, 0.2) is 0 Å². The summed E-state index contributed by atoms with van der Waals surface area (Å²) < 4.78 is 77.8. The molecule has 0 saturated heterocycles. The Balaban J connectivity index is 3.81. The zero-order valence-corrected chi connectivity index (χ0v) is 8.24. The predicted octanol–water partition coefficient (Wildman–Crippen LogP) is 2.99. The molecular weight excluding hydrogens is 226 g/mol. The Morgan fingerprint density at radius 3 is 1.33 bits per heavy atom. The van der Waals surface area contributed by atoms with Crippen LogP contribution in [-0.2, 0) is 4.74 Å². The number of alkyl halides is 6. The third-order valence-electron chi connectivity index (χ3n) is 1.63. The molecule has 0 heterocycles. The molecule has 0 amide bonds. The Kier molecular flexibility index (Phi) is 4.89. The van der Waals surface area contributed by atoms with Crippen LogP contribution < -0.4 is 0 Å². The molecular formula is C8H12F6O. The van der Waals surface area contributed by atoms with Crippen molar-refractivity contribution in [3.63, 3.8) is 0 Å². The second-order valence-electron chi connectivity index (χ2n) is 3.39. The Bertz CT molecular complexity index is 165. The van der Waals surface area contributed by atoms with E-state index < -0.39 is 37.4 Å². The minimum Gasteiger partial charge on any atom is -0.375 e. The highest BCUT2D eigenvalue weighted by molar-refractivity contribution is 4.73. The molecule has 0 rings (SSSR count). The second kappa shape index (κ2) is 5.05. The summed E-state index contributed by atoms with van der Waals surface area (Å²) in [4.78, 5) is 0. The Labute approximate surface area is 83.4 Å². The van der Waals surface area contributed by atoms with Crippen molar-refractivity contribution < 1.29 is 31.1 Å². The molecule has 0 aliphatic carbocycles. The van der Waals surface area contributed by atoms with Crippen molar-refractivity contribution in [3.8, 4) is 0 Å². The van der Waals surface area contributed by atoms with Gasteiger partial charge in [0.2, 0.25) is 0 Å². The summed E-state index contributed by atoms with van der Waals surface area (Å²) in [6, 6.07) is 0. The molecule has 0 fully saturated rings. The molecule has 0 bridgehead atoms. The van der Waals surface area contributed by atoms with Gasteiger partial charge >= 0.3 is 0 Å². The van der Waals surface area contributed by atoms with Crippen molar-refractivity contribution in [1.29, 1.82) is 0 Å². The fourth-order valence-electron chi connectivity index (χ4n) is 0.568. The SMILES string of the molecule is CC(F)(F)C(F)COCC(F)C(C)(F)F. The Morgan fingerprint density at radius 1 is 0.867 bits per heavy atom. The van der Waals surface area contributed by atoms with Gasteiger partial charge in [-0.15, -0.1) is 0 Å². The van der Waals surface area contributed by atoms with E-state index in [1.54, 1.807) is 0 Å². The molecule has 0 N–H and O–H groups in total. The van der Waals surface area contributed by atoms with Crippen LogP contribution in [0, 0.1) is 0 Å². The molecule has 0 aliphatic rings. The summed E-state index contributed by atoms with van der Waals surface area (Å²) >= 11 is 0. The average molecular weight is 238 g/mol. The number of hydrogen-bond acceptors (Lipinski definition) is 1. The first-order valence-electron chi connectivity index (χ1n) is 4.16. The first kappa shape index (κ1) is 14.5. The number of ether oxygens (including phenoxy) is 1. The summed E-state index contributed by atoms with van der Waals surface area (Å²) in [5.41, 5.74) is 0. The van der Waals surface area contributed by atoms with Crippen LogP contribution in [-0.4, -0.2) is 37.4 Å². The van der Waals surface area contributed by atoms with E-state index in [9.17, 15) is 26.3 Å². The third kappa shape index (κ3) is 5.86. The van der Waals surface area contributed by atoms with Gasteiger partial charge in [-0.3, -0.25) is 0 Å². The Morgan fingerprint density at radius 2 is 1.13 bits per heavy atom. The van der Waals surface area contributed by atoms with Gasteiger partial charge in [-0.05, 0) is 0 Å². The third-order valence-corrected chi connectivity index (χ3v) is 1.63. The van der Waals surface area contributed by atoms with Crippen molar-refractivity contribution in [2.45, 2.75) is 38.0 Å². The van der Waals surface area contributed by atoms with E-state index >= 15 is 0 Å². The van der Waals surface area contributed by atoms with Gasteiger partial charge in [-0.2, -0.15) is 0 Å². The molecule has 0 aromatic heterocycles. The maximum Gasteiger partial charge on any atom is 0.278 e. The standard InChI is InChI=1S/C8H12F6O/c1-7(11,12)5(9)3-15-4-6(10)8(2,13)14/h5-6H,3-4H2,1-2H3. The van der Waals surface area contributed by atoms with Crippen molar-refractivity contribution in [2.75, 3.05) is 13.2 Å². The van der Waals surface area contributed by atoms with E-state index in [0.717, 1.165) is 0 Å². The van der Waals surface area contributed by atoms with Crippen LogP contribution in [0.4, 0.5) is 26.3 Å².